The molecule has 13 heavy (non-hydrogen) atoms. The van der Waals surface area contributed by atoms with Crippen molar-refractivity contribution in [1.29, 1.82) is 0 Å². The van der Waals surface area contributed by atoms with Gasteiger partial charge in [0.25, 0.3) is 0 Å². The number of hydrogen-bond donors (Lipinski definition) is 1. The highest BCUT2D eigenvalue weighted by Gasteiger charge is 2.66. The van der Waals surface area contributed by atoms with E-state index in [1.54, 1.807) is 6.08 Å². The number of rotatable bonds is 2. The van der Waals surface area contributed by atoms with Gasteiger partial charge in [-0.15, -0.1) is 6.58 Å². The van der Waals surface area contributed by atoms with Gasteiger partial charge in [-0.3, -0.25) is 4.79 Å². The summed E-state index contributed by atoms with van der Waals surface area (Å²) in [5.41, 5.74) is -0.643. The van der Waals surface area contributed by atoms with Gasteiger partial charge in [0.05, 0.1) is 5.92 Å². The van der Waals surface area contributed by atoms with Crippen LogP contribution < -0.4 is 5.32 Å². The highest BCUT2D eigenvalue weighted by molar-refractivity contribution is 5.98. The van der Waals surface area contributed by atoms with Crippen LogP contribution >= 0.6 is 0 Å². The maximum atomic E-state index is 11.4. The fourth-order valence-electron chi connectivity index (χ4n) is 2.13. The van der Waals surface area contributed by atoms with Gasteiger partial charge in [-0.25, -0.2) is 4.79 Å². The first-order valence-electron chi connectivity index (χ1n) is 4.31. The molecule has 0 aromatic carbocycles. The number of carbonyl (C=O) groups excluding carboxylic acids is 2. The van der Waals surface area contributed by atoms with Crippen LogP contribution in [0.5, 0.6) is 0 Å². The molecule has 0 aliphatic carbocycles. The third-order valence-corrected chi connectivity index (χ3v) is 2.90. The zero-order chi connectivity index (χ0) is 9.64. The summed E-state index contributed by atoms with van der Waals surface area (Å²) in [6, 6.07) is -0.451. The molecular formula is C9H11NO3. The third-order valence-electron chi connectivity index (χ3n) is 2.90. The molecule has 0 radical (unpaired) electrons. The second-order valence-corrected chi connectivity index (χ2v) is 3.38. The number of nitrogens with one attached hydrogen (secondary N) is 1. The molecule has 4 heteroatoms. The van der Waals surface area contributed by atoms with E-state index in [0.717, 1.165) is 0 Å². The summed E-state index contributed by atoms with van der Waals surface area (Å²) in [5.74, 6) is -0.882. The molecule has 0 saturated carbocycles. The van der Waals surface area contributed by atoms with Gasteiger partial charge >= 0.3 is 5.97 Å². The van der Waals surface area contributed by atoms with Crippen LogP contribution in [0.25, 0.3) is 0 Å². The number of ether oxygens (including phenoxy) is 1. The number of hydrogen-bond acceptors (Lipinski definition) is 3. The lowest BCUT2D eigenvalue weighted by molar-refractivity contribution is -0.200. The minimum absolute atomic E-state index is 0.160. The molecular weight excluding hydrogens is 170 g/mol. The van der Waals surface area contributed by atoms with Crippen molar-refractivity contribution in [2.75, 3.05) is 0 Å². The van der Waals surface area contributed by atoms with Crippen molar-refractivity contribution in [3.05, 3.63) is 12.7 Å². The van der Waals surface area contributed by atoms with Crippen LogP contribution in [0.2, 0.25) is 0 Å². The Labute approximate surface area is 75.9 Å². The highest BCUT2D eigenvalue weighted by atomic mass is 16.6. The Kier molecular flexibility index (Phi) is 1.49. The molecule has 1 N–H and O–H groups in total. The third kappa shape index (κ3) is 0.753. The first-order valence-corrected chi connectivity index (χ1v) is 4.31. The summed E-state index contributed by atoms with van der Waals surface area (Å²) in [4.78, 5) is 22.4. The van der Waals surface area contributed by atoms with Gasteiger partial charge in [-0.05, 0) is 6.42 Å². The van der Waals surface area contributed by atoms with E-state index in [2.05, 4.69) is 11.9 Å². The molecule has 2 heterocycles. The fraction of sp³-hybridized carbons (Fsp3) is 0.556. The highest BCUT2D eigenvalue weighted by Crippen LogP contribution is 2.43. The first kappa shape index (κ1) is 8.29. The number of esters is 1. The summed E-state index contributed by atoms with van der Waals surface area (Å²) in [6.45, 7) is 5.48. The largest absolute Gasteiger partial charge is 0.453 e. The Hall–Kier alpha value is -1.32. The molecule has 4 nitrogen and oxygen atoms in total. The lowest BCUT2D eigenvalue weighted by Crippen LogP contribution is -2.64. The summed E-state index contributed by atoms with van der Waals surface area (Å²) in [6.07, 6.45) is 2.18. The Morgan fingerprint density at radius 3 is 2.85 bits per heavy atom. The normalized spacial score (nSPS) is 41.6. The van der Waals surface area contributed by atoms with Crippen molar-refractivity contribution < 1.29 is 14.3 Å². The zero-order valence-electron chi connectivity index (χ0n) is 7.37. The molecule has 0 spiro atoms. The molecule has 2 rings (SSSR count). The first-order chi connectivity index (χ1) is 6.15. The summed E-state index contributed by atoms with van der Waals surface area (Å²) in [5, 5.41) is 2.61. The van der Waals surface area contributed by atoms with E-state index in [0.29, 0.717) is 6.42 Å². The van der Waals surface area contributed by atoms with Gasteiger partial charge in [0, 0.05) is 0 Å². The molecule has 2 fully saturated rings. The minimum atomic E-state index is -0.643. The summed E-state index contributed by atoms with van der Waals surface area (Å²) < 4.78 is 5.08. The monoisotopic (exact) mass is 181 g/mol. The van der Waals surface area contributed by atoms with Gasteiger partial charge in [-0.1, -0.05) is 13.0 Å². The zero-order valence-corrected chi connectivity index (χ0v) is 7.37. The average Bonchev–Trinajstić information content (AvgIpc) is 2.34. The van der Waals surface area contributed by atoms with E-state index in [4.69, 9.17) is 4.74 Å². The van der Waals surface area contributed by atoms with Crippen molar-refractivity contribution >= 4 is 11.9 Å². The van der Waals surface area contributed by atoms with E-state index in [1.165, 1.54) is 0 Å². The van der Waals surface area contributed by atoms with Crippen LogP contribution in [-0.2, 0) is 14.3 Å². The molecule has 1 amide bonds. The average molecular weight is 181 g/mol. The molecule has 0 unspecified atom stereocenters. The van der Waals surface area contributed by atoms with Crippen molar-refractivity contribution in [3.63, 3.8) is 0 Å². The lowest BCUT2D eigenvalue weighted by Gasteiger charge is -2.43. The quantitative estimate of drug-likeness (QED) is 0.481. The summed E-state index contributed by atoms with van der Waals surface area (Å²) in [7, 11) is 0. The second-order valence-electron chi connectivity index (χ2n) is 3.38. The predicted molar refractivity (Wildman–Crippen MR) is 44.7 cm³/mol. The molecule has 70 valence electrons. The van der Waals surface area contributed by atoms with E-state index in [9.17, 15) is 9.59 Å². The predicted octanol–water partition coefficient (Wildman–Crippen LogP) is -0.00740. The van der Waals surface area contributed by atoms with Crippen LogP contribution in [0.1, 0.15) is 13.3 Å². The van der Waals surface area contributed by atoms with Crippen molar-refractivity contribution in [2.45, 2.75) is 25.0 Å². The smallest absolute Gasteiger partial charge is 0.333 e. The topological polar surface area (TPSA) is 55.4 Å². The Morgan fingerprint density at radius 2 is 2.38 bits per heavy atom. The van der Waals surface area contributed by atoms with Crippen LogP contribution in [-0.4, -0.2) is 23.5 Å². The van der Waals surface area contributed by atoms with Gasteiger partial charge in [0.15, 0.2) is 11.6 Å². The Balaban J connectivity index is 2.36. The minimum Gasteiger partial charge on any atom is -0.453 e. The van der Waals surface area contributed by atoms with E-state index >= 15 is 0 Å². The van der Waals surface area contributed by atoms with Crippen LogP contribution in [0.3, 0.4) is 0 Å². The molecule has 2 aliphatic rings. The van der Waals surface area contributed by atoms with E-state index < -0.39 is 11.6 Å². The van der Waals surface area contributed by atoms with Crippen molar-refractivity contribution in [3.8, 4) is 0 Å². The van der Waals surface area contributed by atoms with Gasteiger partial charge in [0.2, 0.25) is 5.91 Å². The number of fused-ring (bicyclic) bond motifs is 1. The molecule has 2 aliphatic heterocycles. The van der Waals surface area contributed by atoms with Crippen LogP contribution in [0.15, 0.2) is 12.7 Å². The molecule has 0 bridgehead atoms. The van der Waals surface area contributed by atoms with Crippen LogP contribution in [0, 0.1) is 5.92 Å². The van der Waals surface area contributed by atoms with E-state index in [1.807, 2.05) is 6.92 Å². The van der Waals surface area contributed by atoms with Gasteiger partial charge in [-0.2, -0.15) is 0 Å². The molecule has 3 atom stereocenters. The fourth-order valence-corrected chi connectivity index (χ4v) is 2.13. The van der Waals surface area contributed by atoms with E-state index in [-0.39, 0.29) is 17.8 Å². The van der Waals surface area contributed by atoms with Gasteiger partial charge in [0.1, 0.15) is 0 Å². The summed E-state index contributed by atoms with van der Waals surface area (Å²) >= 11 is 0. The lowest BCUT2D eigenvalue weighted by atomic mass is 9.78. The molecule has 0 aromatic rings. The second kappa shape index (κ2) is 2.34. The Bertz CT molecular complexity index is 299. The maximum Gasteiger partial charge on any atom is 0.333 e. The maximum absolute atomic E-state index is 11.4. The number of amides is 1. The molecule has 2 saturated heterocycles. The van der Waals surface area contributed by atoms with Crippen molar-refractivity contribution in [2.24, 2.45) is 5.92 Å². The SMILES string of the molecule is C=C[C@H]1C(=O)N[C@H]2C(=O)O[C@@]12CC. The standard InChI is InChI=1S/C9H11NO3/c1-3-5-7(11)10-6-8(12)13-9(5,6)4-2/h3,5-6H,1,4H2,2H3,(H,10,11)/t5-,6-,9-/m0/s1. The van der Waals surface area contributed by atoms with Crippen LogP contribution in [0.4, 0.5) is 0 Å². The molecule has 0 aromatic heterocycles. The number of carbonyl (C=O) groups is 2. The van der Waals surface area contributed by atoms with Gasteiger partial charge < -0.3 is 10.1 Å². The Morgan fingerprint density at radius 1 is 1.69 bits per heavy atom. The van der Waals surface area contributed by atoms with Crippen molar-refractivity contribution in [1.82, 2.24) is 5.32 Å².